The third-order valence-electron chi connectivity index (χ3n) is 4.64. The number of amidine groups is 1. The molecular weight excluding hydrogens is 399 g/mol. The van der Waals surface area contributed by atoms with Gasteiger partial charge in [0.1, 0.15) is 23.2 Å². The number of fused-ring (bicyclic) bond motifs is 1. The number of carbonyl (C=O) groups is 1. The number of halogens is 1. The highest BCUT2D eigenvalue weighted by Crippen LogP contribution is 2.19. The Balaban J connectivity index is 1.83. The number of nitrogens with two attached hydrogens (primary N) is 1. The summed E-state index contributed by atoms with van der Waals surface area (Å²) < 4.78 is 13.9. The van der Waals surface area contributed by atoms with E-state index in [2.05, 4.69) is 25.6 Å². The normalized spacial score (nSPS) is 12.8. The van der Waals surface area contributed by atoms with Gasteiger partial charge in [-0.15, -0.1) is 0 Å². The maximum Gasteiger partial charge on any atom is 0.270 e. The summed E-state index contributed by atoms with van der Waals surface area (Å²) in [6, 6.07) is 8.77. The molecule has 0 saturated heterocycles. The molecule has 31 heavy (non-hydrogen) atoms. The van der Waals surface area contributed by atoms with Crippen molar-refractivity contribution >= 4 is 28.5 Å². The number of hydrogen-bond donors (Lipinski definition) is 4. The molecule has 0 saturated carbocycles. The first-order valence-electron chi connectivity index (χ1n) is 9.51. The van der Waals surface area contributed by atoms with Crippen LogP contribution < -0.4 is 16.4 Å². The molecule has 0 aliphatic carbocycles. The van der Waals surface area contributed by atoms with Gasteiger partial charge in [-0.2, -0.15) is 0 Å². The molecular formula is C22H23FN6O2. The van der Waals surface area contributed by atoms with Crippen molar-refractivity contribution in [3.8, 4) is 0 Å². The molecule has 0 aliphatic rings. The second-order valence-electron chi connectivity index (χ2n) is 6.77. The smallest absolute Gasteiger partial charge is 0.270 e. The van der Waals surface area contributed by atoms with Gasteiger partial charge in [0.05, 0.1) is 18.2 Å². The number of aliphatic hydroxyl groups excluding tert-OH is 1. The Morgan fingerprint density at radius 3 is 2.81 bits per heavy atom. The molecule has 1 atom stereocenters. The molecule has 3 aromatic rings. The third kappa shape index (κ3) is 5.20. The van der Waals surface area contributed by atoms with Gasteiger partial charge in [-0.05, 0) is 48.5 Å². The summed E-state index contributed by atoms with van der Waals surface area (Å²) in [5.74, 6) is 0.107. The third-order valence-corrected chi connectivity index (χ3v) is 4.64. The lowest BCUT2D eigenvalue weighted by molar-refractivity contribution is 0.0911. The summed E-state index contributed by atoms with van der Waals surface area (Å²) >= 11 is 0. The number of hydrogen-bond acceptors (Lipinski definition) is 6. The van der Waals surface area contributed by atoms with Gasteiger partial charge in [-0.1, -0.05) is 12.1 Å². The monoisotopic (exact) mass is 422 g/mol. The Morgan fingerprint density at radius 1 is 1.32 bits per heavy atom. The molecule has 1 amide bonds. The largest absolute Gasteiger partial charge is 0.404 e. The maximum atomic E-state index is 13.9. The molecule has 5 N–H and O–H groups in total. The Morgan fingerprint density at radius 2 is 2.13 bits per heavy atom. The van der Waals surface area contributed by atoms with E-state index in [1.807, 2.05) is 0 Å². The van der Waals surface area contributed by atoms with Gasteiger partial charge in [-0.3, -0.25) is 9.79 Å². The van der Waals surface area contributed by atoms with Gasteiger partial charge in [0.25, 0.3) is 5.91 Å². The quantitative estimate of drug-likeness (QED) is 0.357. The van der Waals surface area contributed by atoms with Crippen LogP contribution in [0.1, 0.15) is 27.7 Å². The molecule has 0 radical (unpaired) electrons. The van der Waals surface area contributed by atoms with Crippen LogP contribution in [0.5, 0.6) is 0 Å². The highest BCUT2D eigenvalue weighted by Gasteiger charge is 2.17. The molecule has 3 rings (SSSR count). The van der Waals surface area contributed by atoms with E-state index in [0.29, 0.717) is 28.3 Å². The summed E-state index contributed by atoms with van der Waals surface area (Å²) in [5.41, 5.74) is 7.04. The number of aromatic nitrogens is 2. The summed E-state index contributed by atoms with van der Waals surface area (Å²) in [4.78, 5) is 25.5. The highest BCUT2D eigenvalue weighted by molar-refractivity contribution is 6.03. The standard InChI is InChI=1S/C22H23FN6O2/c1-13-3-4-14(9-16(13)23)19(12-30)28-22(31)17-6-5-15-11-26-21(10-18(15)27-17)29-20(25-2)7-8-24/h3-11,19,30H,12,24H2,1-2H3,(H,28,31)(H,25,26,29)/t19-/m1/s1. The van der Waals surface area contributed by atoms with Crippen LogP contribution in [-0.4, -0.2) is 40.5 Å². The number of carbonyl (C=O) groups excluding carboxylic acids is 1. The van der Waals surface area contributed by atoms with E-state index in [-0.39, 0.29) is 12.3 Å². The van der Waals surface area contributed by atoms with Crippen LogP contribution in [0, 0.1) is 12.7 Å². The van der Waals surface area contributed by atoms with E-state index in [1.54, 1.807) is 56.6 Å². The molecule has 160 valence electrons. The molecule has 2 heterocycles. The number of aliphatic imine (C=N–C) groups is 1. The Bertz CT molecular complexity index is 1160. The van der Waals surface area contributed by atoms with E-state index in [0.717, 1.165) is 5.39 Å². The van der Waals surface area contributed by atoms with E-state index in [9.17, 15) is 14.3 Å². The number of benzene rings is 1. The van der Waals surface area contributed by atoms with Crippen LogP contribution in [0.15, 0.2) is 59.9 Å². The summed E-state index contributed by atoms with van der Waals surface area (Å²) in [5, 5.41) is 16.1. The Kier molecular flexibility index (Phi) is 6.88. The number of nitrogens with zero attached hydrogens (tertiary/aromatic N) is 3. The number of pyridine rings is 2. The van der Waals surface area contributed by atoms with Crippen LogP contribution in [0.4, 0.5) is 10.2 Å². The molecule has 1 aromatic carbocycles. The minimum Gasteiger partial charge on any atom is -0.404 e. The lowest BCUT2D eigenvalue weighted by Gasteiger charge is -2.17. The maximum absolute atomic E-state index is 13.9. The van der Waals surface area contributed by atoms with Gasteiger partial charge in [-0.25, -0.2) is 14.4 Å². The molecule has 0 unspecified atom stereocenters. The summed E-state index contributed by atoms with van der Waals surface area (Å²) in [7, 11) is 1.61. The molecule has 0 bridgehead atoms. The summed E-state index contributed by atoms with van der Waals surface area (Å²) in [6.07, 6.45) is 4.57. The highest BCUT2D eigenvalue weighted by atomic mass is 19.1. The predicted octanol–water partition coefficient (Wildman–Crippen LogP) is 2.45. The number of aryl methyl sites for hydroxylation is 1. The van der Waals surface area contributed by atoms with Crippen molar-refractivity contribution in [2.45, 2.75) is 13.0 Å². The molecule has 2 aromatic heterocycles. The minimum absolute atomic E-state index is 0.155. The van der Waals surface area contributed by atoms with Crippen LogP contribution >= 0.6 is 0 Å². The van der Waals surface area contributed by atoms with E-state index in [4.69, 9.17) is 5.73 Å². The van der Waals surface area contributed by atoms with E-state index in [1.165, 1.54) is 12.3 Å². The zero-order chi connectivity index (χ0) is 22.4. The number of aliphatic hydroxyl groups is 1. The van der Waals surface area contributed by atoms with Crippen molar-refractivity contribution in [3.63, 3.8) is 0 Å². The molecule has 9 heteroatoms. The van der Waals surface area contributed by atoms with Gasteiger partial charge < -0.3 is 21.5 Å². The van der Waals surface area contributed by atoms with E-state index >= 15 is 0 Å². The van der Waals surface area contributed by atoms with Crippen LogP contribution in [0.3, 0.4) is 0 Å². The van der Waals surface area contributed by atoms with Crippen molar-refractivity contribution in [2.75, 3.05) is 19.0 Å². The van der Waals surface area contributed by atoms with Gasteiger partial charge >= 0.3 is 0 Å². The molecule has 8 nitrogen and oxygen atoms in total. The van der Waals surface area contributed by atoms with Crippen molar-refractivity contribution in [2.24, 2.45) is 10.7 Å². The van der Waals surface area contributed by atoms with Crippen LogP contribution in [0.25, 0.3) is 10.9 Å². The average Bonchev–Trinajstić information content (AvgIpc) is 2.78. The fraction of sp³-hybridized carbons (Fsp3) is 0.182. The van der Waals surface area contributed by atoms with Crippen molar-refractivity contribution in [3.05, 3.63) is 77.5 Å². The van der Waals surface area contributed by atoms with E-state index < -0.39 is 17.8 Å². The predicted molar refractivity (Wildman–Crippen MR) is 118 cm³/mol. The zero-order valence-corrected chi connectivity index (χ0v) is 17.1. The SMILES string of the molecule is CN=C(C=CN)Nc1cc2nc(C(=O)N[C@H](CO)c3ccc(C)c(F)c3)ccc2cn1. The minimum atomic E-state index is -0.763. The Labute approximate surface area is 178 Å². The number of anilines is 1. The summed E-state index contributed by atoms with van der Waals surface area (Å²) in [6.45, 7) is 1.26. The Hall–Kier alpha value is -3.85. The lowest BCUT2D eigenvalue weighted by atomic mass is 10.0. The van der Waals surface area contributed by atoms with Gasteiger partial charge in [0.15, 0.2) is 0 Å². The van der Waals surface area contributed by atoms with Crippen molar-refractivity contribution in [1.82, 2.24) is 15.3 Å². The topological polar surface area (TPSA) is 126 Å². The fourth-order valence-electron chi connectivity index (χ4n) is 2.90. The lowest BCUT2D eigenvalue weighted by Crippen LogP contribution is -2.31. The second-order valence-corrected chi connectivity index (χ2v) is 6.77. The van der Waals surface area contributed by atoms with Gasteiger partial charge in [0, 0.05) is 24.7 Å². The van der Waals surface area contributed by atoms with Crippen molar-refractivity contribution < 1.29 is 14.3 Å². The second kappa shape index (κ2) is 9.77. The first-order valence-corrected chi connectivity index (χ1v) is 9.51. The number of nitrogens with one attached hydrogen (secondary N) is 2. The van der Waals surface area contributed by atoms with Crippen molar-refractivity contribution in [1.29, 1.82) is 0 Å². The molecule has 0 aliphatic heterocycles. The first kappa shape index (κ1) is 21.8. The first-order chi connectivity index (χ1) is 14.9. The number of amides is 1. The molecule has 0 spiro atoms. The van der Waals surface area contributed by atoms with Crippen LogP contribution in [-0.2, 0) is 0 Å². The van der Waals surface area contributed by atoms with Gasteiger partial charge in [0.2, 0.25) is 0 Å². The molecule has 0 fully saturated rings. The zero-order valence-electron chi connectivity index (χ0n) is 17.1. The number of rotatable bonds is 6. The van der Waals surface area contributed by atoms with Crippen LogP contribution in [0.2, 0.25) is 0 Å². The average molecular weight is 422 g/mol. The fourth-order valence-corrected chi connectivity index (χ4v) is 2.90.